The molecule has 0 saturated heterocycles. The van der Waals surface area contributed by atoms with Crippen molar-refractivity contribution in [2.24, 2.45) is 5.92 Å². The maximum atomic E-state index is 4.18. The number of hydrogen-bond donors (Lipinski definition) is 0. The maximum Gasteiger partial charge on any atom is 0.161 e. The minimum atomic E-state index is 0.592. The van der Waals surface area contributed by atoms with E-state index in [0.717, 1.165) is 22.5 Å². The predicted octanol–water partition coefficient (Wildman–Crippen LogP) is 2.69. The number of nitrogens with zero attached hydrogens (tertiary/aromatic N) is 3. The van der Waals surface area contributed by atoms with Crippen LogP contribution in [0.1, 0.15) is 19.7 Å². The molecule has 0 radical (unpaired) electrons. The summed E-state index contributed by atoms with van der Waals surface area (Å²) >= 11 is 3.50. The summed E-state index contributed by atoms with van der Waals surface area (Å²) < 4.78 is 3.05. The van der Waals surface area contributed by atoms with E-state index in [2.05, 4.69) is 40.0 Å². The molecular formula is C10H12BrN3. The van der Waals surface area contributed by atoms with Crippen LogP contribution in [0.5, 0.6) is 0 Å². The molecule has 3 nitrogen and oxygen atoms in total. The molecule has 0 unspecified atom stereocenters. The molecule has 2 rings (SSSR count). The van der Waals surface area contributed by atoms with Crippen LogP contribution in [0.15, 0.2) is 22.8 Å². The van der Waals surface area contributed by atoms with Crippen LogP contribution in [-0.2, 0) is 6.42 Å². The zero-order valence-electron chi connectivity index (χ0n) is 8.24. The molecule has 0 atom stereocenters. The fourth-order valence-electron chi connectivity index (χ4n) is 1.46. The quantitative estimate of drug-likeness (QED) is 0.771. The molecule has 0 spiro atoms. The van der Waals surface area contributed by atoms with Crippen LogP contribution in [0, 0.1) is 5.92 Å². The Bertz CT molecular complexity index is 448. The summed E-state index contributed by atoms with van der Waals surface area (Å²) in [7, 11) is 0. The summed E-state index contributed by atoms with van der Waals surface area (Å²) in [5, 5.41) is 8.29. The van der Waals surface area contributed by atoms with Gasteiger partial charge in [-0.2, -0.15) is 0 Å². The number of aromatic nitrogens is 3. The van der Waals surface area contributed by atoms with Crippen LogP contribution in [0.2, 0.25) is 0 Å². The molecule has 4 heteroatoms. The highest BCUT2D eigenvalue weighted by Crippen LogP contribution is 2.16. The van der Waals surface area contributed by atoms with Crippen molar-refractivity contribution in [2.45, 2.75) is 20.3 Å². The number of pyridine rings is 1. The number of halogens is 1. The van der Waals surface area contributed by atoms with E-state index in [9.17, 15) is 0 Å². The minimum absolute atomic E-state index is 0.592. The average molecular weight is 254 g/mol. The SMILES string of the molecule is CC(C)Cc1nnc2cccc(Br)n12. The molecule has 0 bridgehead atoms. The first-order valence-corrected chi connectivity index (χ1v) is 5.46. The van der Waals surface area contributed by atoms with E-state index in [-0.39, 0.29) is 0 Å². The summed E-state index contributed by atoms with van der Waals surface area (Å²) in [6, 6.07) is 5.93. The summed E-state index contributed by atoms with van der Waals surface area (Å²) in [6.07, 6.45) is 0.948. The highest BCUT2D eigenvalue weighted by molar-refractivity contribution is 9.10. The summed E-state index contributed by atoms with van der Waals surface area (Å²) in [4.78, 5) is 0. The second kappa shape index (κ2) is 3.69. The zero-order valence-corrected chi connectivity index (χ0v) is 9.82. The van der Waals surface area contributed by atoms with Gasteiger partial charge in [-0.05, 0) is 34.0 Å². The van der Waals surface area contributed by atoms with Gasteiger partial charge in [-0.1, -0.05) is 19.9 Å². The third kappa shape index (κ3) is 1.66. The second-order valence-electron chi connectivity index (χ2n) is 3.76. The van der Waals surface area contributed by atoms with E-state index in [1.165, 1.54) is 0 Å². The zero-order chi connectivity index (χ0) is 10.1. The molecule has 14 heavy (non-hydrogen) atoms. The molecule has 0 amide bonds. The van der Waals surface area contributed by atoms with Gasteiger partial charge in [0, 0.05) is 6.42 Å². The van der Waals surface area contributed by atoms with Crippen LogP contribution >= 0.6 is 15.9 Å². The van der Waals surface area contributed by atoms with E-state index in [1.54, 1.807) is 0 Å². The van der Waals surface area contributed by atoms with Gasteiger partial charge in [-0.3, -0.25) is 4.40 Å². The Kier molecular flexibility index (Phi) is 2.54. The van der Waals surface area contributed by atoms with E-state index in [4.69, 9.17) is 0 Å². The summed E-state index contributed by atoms with van der Waals surface area (Å²) in [5.74, 6) is 1.61. The monoisotopic (exact) mass is 253 g/mol. The van der Waals surface area contributed by atoms with Crippen molar-refractivity contribution < 1.29 is 0 Å². The second-order valence-corrected chi connectivity index (χ2v) is 4.57. The fraction of sp³-hybridized carbons (Fsp3) is 0.400. The smallest absolute Gasteiger partial charge is 0.161 e. The van der Waals surface area contributed by atoms with Crippen LogP contribution in [-0.4, -0.2) is 14.6 Å². The van der Waals surface area contributed by atoms with E-state index < -0.39 is 0 Å². The Hall–Kier alpha value is -0.900. The standard InChI is InChI=1S/C10H12BrN3/c1-7(2)6-10-13-12-9-5-3-4-8(11)14(9)10/h3-5,7H,6H2,1-2H3. The lowest BCUT2D eigenvalue weighted by Gasteiger charge is -2.03. The fourth-order valence-corrected chi connectivity index (χ4v) is 2.00. The van der Waals surface area contributed by atoms with Gasteiger partial charge in [0.1, 0.15) is 5.82 Å². The van der Waals surface area contributed by atoms with Gasteiger partial charge in [0.15, 0.2) is 5.65 Å². The predicted molar refractivity (Wildman–Crippen MR) is 59.2 cm³/mol. The van der Waals surface area contributed by atoms with Gasteiger partial charge in [-0.25, -0.2) is 0 Å². The maximum absolute atomic E-state index is 4.18. The minimum Gasteiger partial charge on any atom is -0.273 e. The molecule has 74 valence electrons. The van der Waals surface area contributed by atoms with Crippen molar-refractivity contribution in [1.82, 2.24) is 14.6 Å². The van der Waals surface area contributed by atoms with Crippen LogP contribution in [0.4, 0.5) is 0 Å². The summed E-state index contributed by atoms with van der Waals surface area (Å²) in [6.45, 7) is 4.36. The Morgan fingerprint density at radius 1 is 1.36 bits per heavy atom. The largest absolute Gasteiger partial charge is 0.273 e. The number of rotatable bonds is 2. The first-order valence-electron chi connectivity index (χ1n) is 4.67. The molecule has 0 N–H and O–H groups in total. The Labute approximate surface area is 91.3 Å². The van der Waals surface area contributed by atoms with Crippen molar-refractivity contribution >= 4 is 21.6 Å². The average Bonchev–Trinajstić information content (AvgIpc) is 2.49. The molecular weight excluding hydrogens is 242 g/mol. The van der Waals surface area contributed by atoms with Gasteiger partial charge in [0.2, 0.25) is 0 Å². The van der Waals surface area contributed by atoms with Crippen LogP contribution in [0.25, 0.3) is 5.65 Å². The molecule has 0 fully saturated rings. The first kappa shape index (κ1) is 9.65. The van der Waals surface area contributed by atoms with Crippen molar-refractivity contribution in [1.29, 1.82) is 0 Å². The van der Waals surface area contributed by atoms with Gasteiger partial charge in [-0.15, -0.1) is 10.2 Å². The third-order valence-corrected chi connectivity index (χ3v) is 2.66. The van der Waals surface area contributed by atoms with Crippen molar-refractivity contribution in [3.05, 3.63) is 28.6 Å². The normalized spacial score (nSPS) is 11.4. The van der Waals surface area contributed by atoms with Gasteiger partial charge in [0.25, 0.3) is 0 Å². The van der Waals surface area contributed by atoms with Crippen molar-refractivity contribution in [3.8, 4) is 0 Å². The lowest BCUT2D eigenvalue weighted by atomic mass is 10.1. The Morgan fingerprint density at radius 3 is 2.86 bits per heavy atom. The third-order valence-electron chi connectivity index (χ3n) is 2.04. The van der Waals surface area contributed by atoms with E-state index in [0.29, 0.717) is 5.92 Å². The van der Waals surface area contributed by atoms with Gasteiger partial charge >= 0.3 is 0 Å². The Balaban J connectivity index is 2.55. The first-order chi connectivity index (χ1) is 6.68. The molecule has 2 aromatic rings. The van der Waals surface area contributed by atoms with E-state index in [1.807, 2.05) is 22.6 Å². The molecule has 2 aromatic heterocycles. The van der Waals surface area contributed by atoms with Gasteiger partial charge < -0.3 is 0 Å². The number of hydrogen-bond acceptors (Lipinski definition) is 2. The lowest BCUT2D eigenvalue weighted by molar-refractivity contribution is 0.615. The highest BCUT2D eigenvalue weighted by atomic mass is 79.9. The molecule has 0 saturated carbocycles. The van der Waals surface area contributed by atoms with Crippen LogP contribution < -0.4 is 0 Å². The molecule has 0 aliphatic heterocycles. The molecule has 2 heterocycles. The molecule has 0 aliphatic rings. The molecule has 0 aromatic carbocycles. The summed E-state index contributed by atoms with van der Waals surface area (Å²) in [5.41, 5.74) is 0.898. The Morgan fingerprint density at radius 2 is 2.14 bits per heavy atom. The van der Waals surface area contributed by atoms with Crippen molar-refractivity contribution in [3.63, 3.8) is 0 Å². The van der Waals surface area contributed by atoms with Gasteiger partial charge in [0.05, 0.1) is 4.60 Å². The van der Waals surface area contributed by atoms with Crippen LogP contribution in [0.3, 0.4) is 0 Å². The lowest BCUT2D eigenvalue weighted by Crippen LogP contribution is -2.01. The van der Waals surface area contributed by atoms with E-state index >= 15 is 0 Å². The van der Waals surface area contributed by atoms with Crippen molar-refractivity contribution in [2.75, 3.05) is 0 Å². The molecule has 0 aliphatic carbocycles. The highest BCUT2D eigenvalue weighted by Gasteiger charge is 2.08. The number of fused-ring (bicyclic) bond motifs is 1. The topological polar surface area (TPSA) is 30.2 Å².